The minimum atomic E-state index is -0.430. The molecule has 1 heterocycles. The van der Waals surface area contributed by atoms with E-state index in [0.29, 0.717) is 16.3 Å². The summed E-state index contributed by atoms with van der Waals surface area (Å²) >= 11 is 5.94. The molecule has 0 aliphatic carbocycles. The molecule has 2 aromatic carbocycles. The molecule has 0 aliphatic rings. The standard InChI is InChI=1S/C16H12ClFN2O/c1-9-2-4-10(5-3-9)14-15(20-21-16(14)19)12-8-11(17)6-7-13(12)18/h2-8H,19H2,1H3. The molecule has 21 heavy (non-hydrogen) atoms. The average Bonchev–Trinajstić information content (AvgIpc) is 2.84. The van der Waals surface area contributed by atoms with Crippen molar-refractivity contribution in [3.8, 4) is 22.4 Å². The minimum absolute atomic E-state index is 0.147. The van der Waals surface area contributed by atoms with Gasteiger partial charge in [0.1, 0.15) is 11.5 Å². The summed E-state index contributed by atoms with van der Waals surface area (Å²) in [5.74, 6) is -0.283. The topological polar surface area (TPSA) is 52.0 Å². The van der Waals surface area contributed by atoms with Gasteiger partial charge in [-0.3, -0.25) is 0 Å². The molecule has 0 saturated heterocycles. The number of halogens is 2. The summed E-state index contributed by atoms with van der Waals surface area (Å²) in [6.07, 6.45) is 0. The molecular formula is C16H12ClFN2O. The van der Waals surface area contributed by atoms with Crippen LogP contribution in [-0.2, 0) is 0 Å². The summed E-state index contributed by atoms with van der Waals surface area (Å²) in [6.45, 7) is 1.98. The highest BCUT2D eigenvalue weighted by Crippen LogP contribution is 2.38. The van der Waals surface area contributed by atoms with Crippen LogP contribution in [0.2, 0.25) is 5.02 Å². The maximum atomic E-state index is 14.0. The molecule has 0 bridgehead atoms. The Kier molecular flexibility index (Phi) is 3.39. The van der Waals surface area contributed by atoms with Crippen molar-refractivity contribution in [2.75, 3.05) is 5.73 Å². The van der Waals surface area contributed by atoms with E-state index in [4.69, 9.17) is 21.9 Å². The molecule has 0 unspecified atom stereocenters. The van der Waals surface area contributed by atoms with Crippen LogP contribution in [0.25, 0.3) is 22.4 Å². The Hall–Kier alpha value is -2.33. The zero-order chi connectivity index (χ0) is 15.0. The Balaban J connectivity index is 2.21. The summed E-state index contributed by atoms with van der Waals surface area (Å²) in [7, 11) is 0. The van der Waals surface area contributed by atoms with Crippen LogP contribution >= 0.6 is 11.6 Å². The summed E-state index contributed by atoms with van der Waals surface area (Å²) in [5.41, 5.74) is 8.95. The predicted molar refractivity (Wildman–Crippen MR) is 81.5 cm³/mol. The zero-order valence-electron chi connectivity index (χ0n) is 11.2. The van der Waals surface area contributed by atoms with Gasteiger partial charge < -0.3 is 10.3 Å². The van der Waals surface area contributed by atoms with Gasteiger partial charge in [0.2, 0.25) is 5.88 Å². The first-order valence-corrected chi connectivity index (χ1v) is 6.71. The number of hydrogen-bond donors (Lipinski definition) is 1. The normalized spacial score (nSPS) is 10.8. The largest absolute Gasteiger partial charge is 0.367 e. The predicted octanol–water partition coefficient (Wildman–Crippen LogP) is 4.69. The van der Waals surface area contributed by atoms with Gasteiger partial charge in [-0.2, -0.15) is 0 Å². The van der Waals surface area contributed by atoms with Crippen molar-refractivity contribution in [1.29, 1.82) is 0 Å². The van der Waals surface area contributed by atoms with Gasteiger partial charge in [-0.15, -0.1) is 0 Å². The van der Waals surface area contributed by atoms with Crippen LogP contribution in [0.15, 0.2) is 47.0 Å². The molecule has 3 rings (SSSR count). The van der Waals surface area contributed by atoms with E-state index < -0.39 is 5.82 Å². The number of nitrogen functional groups attached to an aromatic ring is 1. The van der Waals surface area contributed by atoms with Gasteiger partial charge in [-0.1, -0.05) is 46.6 Å². The summed E-state index contributed by atoms with van der Waals surface area (Å²) in [6, 6.07) is 12.0. The number of aryl methyl sites for hydroxylation is 1. The van der Waals surface area contributed by atoms with Crippen molar-refractivity contribution in [3.63, 3.8) is 0 Å². The Morgan fingerprint density at radius 3 is 2.57 bits per heavy atom. The van der Waals surface area contributed by atoms with Gasteiger partial charge in [-0.05, 0) is 30.7 Å². The lowest BCUT2D eigenvalue weighted by molar-refractivity contribution is 0.439. The maximum Gasteiger partial charge on any atom is 0.230 e. The van der Waals surface area contributed by atoms with E-state index in [1.54, 1.807) is 0 Å². The third-order valence-electron chi connectivity index (χ3n) is 3.24. The van der Waals surface area contributed by atoms with E-state index >= 15 is 0 Å². The molecule has 0 amide bonds. The lowest BCUT2D eigenvalue weighted by Crippen LogP contribution is -1.90. The van der Waals surface area contributed by atoms with E-state index in [-0.39, 0.29) is 11.4 Å². The number of aromatic nitrogens is 1. The van der Waals surface area contributed by atoms with Gasteiger partial charge >= 0.3 is 0 Å². The lowest BCUT2D eigenvalue weighted by atomic mass is 10.00. The number of rotatable bonds is 2. The summed E-state index contributed by atoms with van der Waals surface area (Å²) in [4.78, 5) is 0. The molecule has 0 spiro atoms. The van der Waals surface area contributed by atoms with Crippen LogP contribution in [0.5, 0.6) is 0 Å². The molecule has 2 N–H and O–H groups in total. The highest BCUT2D eigenvalue weighted by atomic mass is 35.5. The van der Waals surface area contributed by atoms with Crippen LogP contribution in [-0.4, -0.2) is 5.16 Å². The second kappa shape index (κ2) is 5.22. The zero-order valence-corrected chi connectivity index (χ0v) is 12.0. The molecule has 0 radical (unpaired) electrons. The second-order valence-corrected chi connectivity index (χ2v) is 5.20. The molecule has 0 fully saturated rings. The molecule has 5 heteroatoms. The Bertz CT molecular complexity index is 797. The summed E-state index contributed by atoms with van der Waals surface area (Å²) < 4.78 is 19.1. The van der Waals surface area contributed by atoms with E-state index in [0.717, 1.165) is 11.1 Å². The van der Waals surface area contributed by atoms with Crippen LogP contribution in [0.1, 0.15) is 5.56 Å². The second-order valence-electron chi connectivity index (χ2n) is 4.76. The minimum Gasteiger partial charge on any atom is -0.367 e. The molecule has 0 saturated carbocycles. The van der Waals surface area contributed by atoms with Crippen molar-refractivity contribution < 1.29 is 8.91 Å². The highest BCUT2D eigenvalue weighted by Gasteiger charge is 2.20. The third kappa shape index (κ3) is 2.50. The number of nitrogens with zero attached hydrogens (tertiary/aromatic N) is 1. The average molecular weight is 303 g/mol. The van der Waals surface area contributed by atoms with Crippen molar-refractivity contribution in [1.82, 2.24) is 5.16 Å². The maximum absolute atomic E-state index is 14.0. The van der Waals surface area contributed by atoms with Gasteiger partial charge in [0, 0.05) is 10.6 Å². The number of hydrogen-bond acceptors (Lipinski definition) is 3. The third-order valence-corrected chi connectivity index (χ3v) is 3.48. The quantitative estimate of drug-likeness (QED) is 0.747. The Morgan fingerprint density at radius 1 is 1.14 bits per heavy atom. The number of nitrogens with two attached hydrogens (primary N) is 1. The van der Waals surface area contributed by atoms with Crippen LogP contribution < -0.4 is 5.73 Å². The van der Waals surface area contributed by atoms with Crippen molar-refractivity contribution >= 4 is 17.5 Å². The monoisotopic (exact) mass is 302 g/mol. The smallest absolute Gasteiger partial charge is 0.230 e. The molecule has 0 atom stereocenters. The van der Waals surface area contributed by atoms with E-state index in [2.05, 4.69) is 5.16 Å². The lowest BCUT2D eigenvalue weighted by Gasteiger charge is -2.05. The summed E-state index contributed by atoms with van der Waals surface area (Å²) in [5, 5.41) is 4.31. The molecule has 1 aromatic heterocycles. The van der Waals surface area contributed by atoms with Crippen molar-refractivity contribution in [2.45, 2.75) is 6.92 Å². The highest BCUT2D eigenvalue weighted by molar-refractivity contribution is 6.30. The van der Waals surface area contributed by atoms with Gasteiger partial charge in [0.05, 0.1) is 5.56 Å². The van der Waals surface area contributed by atoms with E-state index in [1.807, 2.05) is 31.2 Å². The fourth-order valence-electron chi connectivity index (χ4n) is 2.16. The first-order chi connectivity index (χ1) is 10.1. The fourth-order valence-corrected chi connectivity index (χ4v) is 2.34. The van der Waals surface area contributed by atoms with E-state index in [1.165, 1.54) is 18.2 Å². The first kappa shape index (κ1) is 13.6. The van der Waals surface area contributed by atoms with Crippen molar-refractivity contribution in [3.05, 3.63) is 58.9 Å². The van der Waals surface area contributed by atoms with Crippen LogP contribution in [0.4, 0.5) is 10.3 Å². The molecular weight excluding hydrogens is 291 g/mol. The first-order valence-electron chi connectivity index (χ1n) is 6.34. The van der Waals surface area contributed by atoms with Gasteiger partial charge in [-0.25, -0.2) is 4.39 Å². The van der Waals surface area contributed by atoms with E-state index in [9.17, 15) is 4.39 Å². The van der Waals surface area contributed by atoms with Crippen molar-refractivity contribution in [2.24, 2.45) is 0 Å². The Morgan fingerprint density at radius 2 is 1.86 bits per heavy atom. The SMILES string of the molecule is Cc1ccc(-c2c(-c3cc(Cl)ccc3F)noc2N)cc1. The van der Waals surface area contributed by atoms with Gasteiger partial charge in [0.25, 0.3) is 0 Å². The molecule has 3 nitrogen and oxygen atoms in total. The van der Waals surface area contributed by atoms with Crippen LogP contribution in [0.3, 0.4) is 0 Å². The molecule has 3 aromatic rings. The number of benzene rings is 2. The van der Waals surface area contributed by atoms with Crippen LogP contribution in [0, 0.1) is 12.7 Å². The number of anilines is 1. The molecule has 106 valence electrons. The fraction of sp³-hybridized carbons (Fsp3) is 0.0625. The van der Waals surface area contributed by atoms with Gasteiger partial charge in [0.15, 0.2) is 0 Å². The molecule has 0 aliphatic heterocycles. The Labute approximate surface area is 126 Å².